The summed E-state index contributed by atoms with van der Waals surface area (Å²) in [6, 6.07) is 0.0115. The molecule has 0 radical (unpaired) electrons. The zero-order valence-corrected chi connectivity index (χ0v) is 9.79. The molecule has 3 N–H and O–H groups in total. The van der Waals surface area contributed by atoms with Crippen LogP contribution >= 0.6 is 0 Å². The number of nitrogens with zero attached hydrogens (tertiary/aromatic N) is 1. The number of H-pyrrole nitrogens is 1. The Morgan fingerprint density at radius 2 is 2.00 bits per heavy atom. The first-order valence-electron chi connectivity index (χ1n) is 5.27. The third-order valence-corrected chi connectivity index (χ3v) is 2.29. The van der Waals surface area contributed by atoms with Crippen LogP contribution < -0.4 is 11.3 Å². The summed E-state index contributed by atoms with van der Waals surface area (Å²) >= 11 is 0. The summed E-state index contributed by atoms with van der Waals surface area (Å²) in [6.45, 7) is 7.75. The van der Waals surface area contributed by atoms with Gasteiger partial charge >= 0.3 is 0 Å². The Balaban J connectivity index is 3.14. The van der Waals surface area contributed by atoms with Crippen LogP contribution in [0, 0.1) is 6.92 Å². The van der Waals surface area contributed by atoms with E-state index in [2.05, 4.69) is 9.97 Å². The molecule has 0 saturated heterocycles. The van der Waals surface area contributed by atoms with Crippen LogP contribution in [-0.4, -0.2) is 16.0 Å². The Morgan fingerprint density at radius 3 is 2.40 bits per heavy atom. The molecule has 0 amide bonds. The Labute approximate surface area is 89.9 Å². The van der Waals surface area contributed by atoms with Crippen molar-refractivity contribution in [3.05, 3.63) is 27.4 Å². The third kappa shape index (κ3) is 2.89. The van der Waals surface area contributed by atoms with Crippen molar-refractivity contribution in [1.29, 1.82) is 0 Å². The van der Waals surface area contributed by atoms with Gasteiger partial charge in [0.2, 0.25) is 0 Å². The molecule has 0 aliphatic rings. The Kier molecular flexibility index (Phi) is 3.63. The fourth-order valence-electron chi connectivity index (χ4n) is 1.73. The Hall–Kier alpha value is -1.16. The van der Waals surface area contributed by atoms with Gasteiger partial charge in [0.05, 0.1) is 0 Å². The Bertz CT molecular complexity index is 393. The molecule has 0 bridgehead atoms. The average Bonchev–Trinajstić information content (AvgIpc) is 1.99. The molecular formula is C11H19N3O. The van der Waals surface area contributed by atoms with E-state index in [4.69, 9.17) is 5.73 Å². The number of aryl methyl sites for hydroxylation is 1. The highest BCUT2D eigenvalue weighted by Crippen LogP contribution is 2.12. The van der Waals surface area contributed by atoms with E-state index >= 15 is 0 Å². The second kappa shape index (κ2) is 4.57. The summed E-state index contributed by atoms with van der Waals surface area (Å²) in [5.41, 5.74) is 7.20. The molecule has 15 heavy (non-hydrogen) atoms. The van der Waals surface area contributed by atoms with Crippen LogP contribution in [0.25, 0.3) is 0 Å². The molecule has 0 aliphatic heterocycles. The van der Waals surface area contributed by atoms with Gasteiger partial charge in [-0.1, -0.05) is 13.8 Å². The van der Waals surface area contributed by atoms with Crippen molar-refractivity contribution in [2.24, 2.45) is 5.73 Å². The first-order chi connectivity index (χ1) is 6.91. The number of hydrogen-bond acceptors (Lipinski definition) is 3. The van der Waals surface area contributed by atoms with Crippen LogP contribution in [0.3, 0.4) is 0 Å². The topological polar surface area (TPSA) is 71.8 Å². The van der Waals surface area contributed by atoms with Crippen LogP contribution in [-0.2, 0) is 6.42 Å². The van der Waals surface area contributed by atoms with Crippen LogP contribution in [0.5, 0.6) is 0 Å². The number of nitrogens with two attached hydrogens (primary N) is 1. The molecule has 1 aromatic rings. The molecule has 1 unspecified atom stereocenters. The molecule has 0 aliphatic carbocycles. The number of nitrogens with one attached hydrogen (secondary N) is 1. The monoisotopic (exact) mass is 209 g/mol. The highest BCUT2D eigenvalue weighted by molar-refractivity contribution is 5.20. The van der Waals surface area contributed by atoms with Crippen molar-refractivity contribution >= 4 is 0 Å². The van der Waals surface area contributed by atoms with Gasteiger partial charge in [-0.15, -0.1) is 0 Å². The summed E-state index contributed by atoms with van der Waals surface area (Å²) in [4.78, 5) is 18.9. The Morgan fingerprint density at radius 1 is 1.40 bits per heavy atom. The van der Waals surface area contributed by atoms with E-state index in [0.29, 0.717) is 12.2 Å². The lowest BCUT2D eigenvalue weighted by molar-refractivity contribution is 0.686. The molecule has 1 heterocycles. The predicted octanol–water partition coefficient (Wildman–Crippen LogP) is 1.09. The van der Waals surface area contributed by atoms with Crippen molar-refractivity contribution in [1.82, 2.24) is 9.97 Å². The highest BCUT2D eigenvalue weighted by atomic mass is 16.1. The summed E-state index contributed by atoms with van der Waals surface area (Å²) < 4.78 is 0. The van der Waals surface area contributed by atoms with Crippen molar-refractivity contribution in [3.63, 3.8) is 0 Å². The molecule has 1 rings (SSSR count). The van der Waals surface area contributed by atoms with Crippen LogP contribution in [0.15, 0.2) is 4.79 Å². The lowest BCUT2D eigenvalue weighted by Crippen LogP contribution is -2.25. The molecule has 0 aromatic carbocycles. The maximum atomic E-state index is 11.7. The van der Waals surface area contributed by atoms with E-state index < -0.39 is 0 Å². The molecule has 4 heteroatoms. The zero-order chi connectivity index (χ0) is 11.6. The van der Waals surface area contributed by atoms with Gasteiger partial charge in [0.15, 0.2) is 0 Å². The van der Waals surface area contributed by atoms with Gasteiger partial charge in [0, 0.05) is 23.7 Å². The van der Waals surface area contributed by atoms with E-state index in [1.807, 2.05) is 27.7 Å². The molecule has 0 fully saturated rings. The minimum absolute atomic E-state index is 0.0115. The maximum Gasteiger partial charge on any atom is 0.254 e. The largest absolute Gasteiger partial charge is 0.328 e. The van der Waals surface area contributed by atoms with E-state index in [-0.39, 0.29) is 17.5 Å². The van der Waals surface area contributed by atoms with Crippen molar-refractivity contribution < 1.29 is 0 Å². The van der Waals surface area contributed by atoms with E-state index in [1.165, 1.54) is 0 Å². The second-order valence-corrected chi connectivity index (χ2v) is 4.35. The first kappa shape index (κ1) is 11.9. The average molecular weight is 209 g/mol. The summed E-state index contributed by atoms with van der Waals surface area (Å²) in [7, 11) is 0. The van der Waals surface area contributed by atoms with Crippen LogP contribution in [0.2, 0.25) is 0 Å². The number of aromatic nitrogens is 2. The third-order valence-electron chi connectivity index (χ3n) is 2.29. The smallest absolute Gasteiger partial charge is 0.254 e. The summed E-state index contributed by atoms with van der Waals surface area (Å²) in [5, 5.41) is 0. The lowest BCUT2D eigenvalue weighted by Gasteiger charge is -2.10. The minimum Gasteiger partial charge on any atom is -0.328 e. The van der Waals surface area contributed by atoms with Gasteiger partial charge in [0.25, 0.3) is 5.56 Å². The van der Waals surface area contributed by atoms with Gasteiger partial charge in [-0.25, -0.2) is 4.98 Å². The predicted molar refractivity (Wildman–Crippen MR) is 61.0 cm³/mol. The molecule has 0 spiro atoms. The summed E-state index contributed by atoms with van der Waals surface area (Å²) in [6.07, 6.45) is 0.606. The molecular weight excluding hydrogens is 190 g/mol. The second-order valence-electron chi connectivity index (χ2n) is 4.35. The number of rotatable bonds is 3. The number of aromatic amines is 1. The van der Waals surface area contributed by atoms with Gasteiger partial charge in [-0.05, 0) is 19.8 Å². The first-order valence-corrected chi connectivity index (χ1v) is 5.27. The minimum atomic E-state index is -0.0341. The fourth-order valence-corrected chi connectivity index (χ4v) is 1.73. The van der Waals surface area contributed by atoms with Gasteiger partial charge in [-0.3, -0.25) is 4.79 Å². The number of hydrogen-bond donors (Lipinski definition) is 2. The van der Waals surface area contributed by atoms with E-state index in [1.54, 1.807) is 0 Å². The van der Waals surface area contributed by atoms with Gasteiger partial charge in [-0.2, -0.15) is 0 Å². The van der Waals surface area contributed by atoms with E-state index in [0.717, 1.165) is 11.3 Å². The van der Waals surface area contributed by atoms with Crippen molar-refractivity contribution in [3.8, 4) is 0 Å². The fraction of sp³-hybridized carbons (Fsp3) is 0.636. The molecule has 0 saturated carbocycles. The SMILES string of the molecule is Cc1nc(CC(C)N)[nH]c(=O)c1C(C)C. The molecule has 1 aromatic heterocycles. The van der Waals surface area contributed by atoms with E-state index in [9.17, 15) is 4.79 Å². The van der Waals surface area contributed by atoms with Crippen LogP contribution in [0.4, 0.5) is 0 Å². The van der Waals surface area contributed by atoms with Crippen LogP contribution in [0.1, 0.15) is 43.8 Å². The molecule has 4 nitrogen and oxygen atoms in total. The molecule has 1 atom stereocenters. The lowest BCUT2D eigenvalue weighted by atomic mass is 10.0. The van der Waals surface area contributed by atoms with Gasteiger partial charge < -0.3 is 10.7 Å². The highest BCUT2D eigenvalue weighted by Gasteiger charge is 2.11. The normalized spacial score (nSPS) is 13.2. The standard InChI is InChI=1S/C11H19N3O/c1-6(2)10-8(4)13-9(5-7(3)12)14-11(10)15/h6-7H,5,12H2,1-4H3,(H,13,14,15). The summed E-state index contributed by atoms with van der Waals surface area (Å²) in [5.74, 6) is 0.877. The quantitative estimate of drug-likeness (QED) is 0.782. The van der Waals surface area contributed by atoms with Crippen molar-refractivity contribution in [2.75, 3.05) is 0 Å². The van der Waals surface area contributed by atoms with Gasteiger partial charge in [0.1, 0.15) is 5.82 Å². The molecule has 84 valence electrons. The maximum absolute atomic E-state index is 11.7. The zero-order valence-electron chi connectivity index (χ0n) is 9.79. The van der Waals surface area contributed by atoms with Crippen molar-refractivity contribution in [2.45, 2.75) is 46.1 Å².